The highest BCUT2D eigenvalue weighted by Gasteiger charge is 2.23. The van der Waals surface area contributed by atoms with Crippen LogP contribution in [-0.2, 0) is 10.0 Å². The Morgan fingerprint density at radius 1 is 1.25 bits per heavy atom. The minimum atomic E-state index is -4.00. The fourth-order valence-electron chi connectivity index (χ4n) is 2.19. The summed E-state index contributed by atoms with van der Waals surface area (Å²) in [6, 6.07) is 1.44. The Kier molecular flexibility index (Phi) is 5.94. The zero-order valence-electron chi connectivity index (χ0n) is 14.8. The molecule has 0 spiro atoms. The molecule has 0 bridgehead atoms. The molecule has 0 aliphatic carbocycles. The topological polar surface area (TPSA) is 128 Å². The highest BCUT2D eigenvalue weighted by molar-refractivity contribution is 7.92. The number of aromatic nitrogens is 4. The number of methoxy groups -OCH3 is 2. The van der Waals surface area contributed by atoms with E-state index < -0.39 is 16.7 Å². The van der Waals surface area contributed by atoms with Crippen LogP contribution in [0.2, 0.25) is 0 Å². The van der Waals surface area contributed by atoms with Crippen LogP contribution < -0.4 is 18.9 Å². The first-order chi connectivity index (χ1) is 13.5. The third-order valence-electron chi connectivity index (χ3n) is 3.37. The van der Waals surface area contributed by atoms with Crippen molar-refractivity contribution < 1.29 is 27.0 Å². The number of nitrogens with zero attached hydrogens (tertiary/aromatic N) is 3. The molecule has 150 valence electrons. The molecule has 0 atom stereocenters. The van der Waals surface area contributed by atoms with Gasteiger partial charge in [-0.3, -0.25) is 0 Å². The maximum Gasteiger partial charge on any atom is 0.265 e. The van der Waals surface area contributed by atoms with E-state index in [1.165, 1.54) is 37.8 Å². The number of alkyl halides is 1. The summed E-state index contributed by atoms with van der Waals surface area (Å²) in [5.74, 6) is -0.525. The number of halogens is 1. The second kappa shape index (κ2) is 8.39. The van der Waals surface area contributed by atoms with Crippen molar-refractivity contribution >= 4 is 27.3 Å². The predicted molar refractivity (Wildman–Crippen MR) is 99.3 cm³/mol. The summed E-state index contributed by atoms with van der Waals surface area (Å²) in [7, 11) is -1.40. The summed E-state index contributed by atoms with van der Waals surface area (Å²) >= 11 is 1.37. The minimum absolute atomic E-state index is 0.0294. The van der Waals surface area contributed by atoms with Gasteiger partial charge in [0.2, 0.25) is 11.7 Å². The van der Waals surface area contributed by atoms with Crippen molar-refractivity contribution in [1.29, 1.82) is 0 Å². The Morgan fingerprint density at radius 3 is 2.54 bits per heavy atom. The smallest absolute Gasteiger partial charge is 0.265 e. The van der Waals surface area contributed by atoms with Crippen LogP contribution in [0.5, 0.6) is 17.5 Å². The molecule has 0 aliphatic rings. The number of ether oxygens (including phenoxy) is 3. The van der Waals surface area contributed by atoms with E-state index in [1.807, 2.05) is 0 Å². The first-order valence-electron chi connectivity index (χ1n) is 7.78. The lowest BCUT2D eigenvalue weighted by Gasteiger charge is -2.13. The maximum atomic E-state index is 12.7. The summed E-state index contributed by atoms with van der Waals surface area (Å²) in [6.07, 6.45) is 2.94. The lowest BCUT2D eigenvalue weighted by molar-refractivity contribution is 0.240. The Labute approximate surface area is 163 Å². The number of hydrogen-bond donors (Lipinski definition) is 2. The summed E-state index contributed by atoms with van der Waals surface area (Å²) < 4.78 is 55.3. The van der Waals surface area contributed by atoms with Gasteiger partial charge in [-0.15, -0.1) is 11.3 Å². The van der Waals surface area contributed by atoms with Gasteiger partial charge in [-0.1, -0.05) is 0 Å². The van der Waals surface area contributed by atoms with Gasteiger partial charge < -0.3 is 19.2 Å². The molecule has 0 amide bonds. The lowest BCUT2D eigenvalue weighted by atomic mass is 10.4. The first-order valence-corrected chi connectivity index (χ1v) is 10.1. The zero-order chi connectivity index (χ0) is 20.1. The normalized spacial score (nSPS) is 11.2. The zero-order valence-corrected chi connectivity index (χ0v) is 16.4. The molecule has 13 heteroatoms. The summed E-state index contributed by atoms with van der Waals surface area (Å²) in [5.41, 5.74) is 0.557. The second-order valence-electron chi connectivity index (χ2n) is 5.12. The summed E-state index contributed by atoms with van der Waals surface area (Å²) in [6.45, 7) is -1.00. The van der Waals surface area contributed by atoms with Crippen LogP contribution >= 0.6 is 11.3 Å². The van der Waals surface area contributed by atoms with Crippen molar-refractivity contribution in [2.45, 2.75) is 4.90 Å². The van der Waals surface area contributed by atoms with E-state index in [1.54, 1.807) is 11.6 Å². The fraction of sp³-hybridized carbons (Fsp3) is 0.267. The molecule has 0 saturated carbocycles. The van der Waals surface area contributed by atoms with Gasteiger partial charge in [-0.25, -0.2) is 22.5 Å². The van der Waals surface area contributed by atoms with E-state index in [-0.39, 0.29) is 35.0 Å². The number of nitrogens with one attached hydrogen (secondary N) is 2. The van der Waals surface area contributed by atoms with Crippen molar-refractivity contribution in [3.8, 4) is 28.2 Å². The van der Waals surface area contributed by atoms with E-state index in [2.05, 4.69) is 24.7 Å². The number of H-pyrrole nitrogens is 1. The fourth-order valence-corrected chi connectivity index (χ4v) is 3.74. The maximum absolute atomic E-state index is 12.7. The van der Waals surface area contributed by atoms with Crippen LogP contribution in [-0.4, -0.2) is 55.9 Å². The predicted octanol–water partition coefficient (Wildman–Crippen LogP) is 2.09. The molecular formula is C15H16FN5O5S2. The highest BCUT2D eigenvalue weighted by Crippen LogP contribution is 2.35. The molecule has 2 N–H and O–H groups in total. The molecule has 3 heterocycles. The molecule has 10 nitrogen and oxygen atoms in total. The standard InChI is InChI=1S/C15H16FN5O5S2/c1-24-12-11(26-5-3-16)13(25-2)20-15(19-12)21-28(22,23)9-7-10(18-8-9)14-17-4-6-27-14/h4,6-8,18H,3,5H2,1-2H3,(H,19,20,21). The van der Waals surface area contributed by atoms with Gasteiger partial charge in [0.1, 0.15) is 23.2 Å². The van der Waals surface area contributed by atoms with Crippen LogP contribution in [0.4, 0.5) is 10.3 Å². The van der Waals surface area contributed by atoms with Crippen LogP contribution in [0.15, 0.2) is 28.7 Å². The second-order valence-corrected chi connectivity index (χ2v) is 7.70. The Balaban J connectivity index is 1.89. The van der Waals surface area contributed by atoms with Gasteiger partial charge in [-0.2, -0.15) is 9.97 Å². The van der Waals surface area contributed by atoms with E-state index in [0.717, 1.165) is 0 Å². The van der Waals surface area contributed by atoms with Gasteiger partial charge in [0.25, 0.3) is 21.8 Å². The van der Waals surface area contributed by atoms with Gasteiger partial charge in [-0.05, 0) is 6.07 Å². The monoisotopic (exact) mass is 429 g/mol. The third-order valence-corrected chi connectivity index (χ3v) is 5.48. The molecule has 28 heavy (non-hydrogen) atoms. The molecule has 0 radical (unpaired) electrons. The van der Waals surface area contributed by atoms with Crippen molar-refractivity contribution in [3.05, 3.63) is 23.8 Å². The van der Waals surface area contributed by atoms with Crippen molar-refractivity contribution in [2.75, 3.05) is 32.2 Å². The Hall–Kier alpha value is -2.93. The lowest BCUT2D eigenvalue weighted by Crippen LogP contribution is -2.16. The average molecular weight is 429 g/mol. The van der Waals surface area contributed by atoms with Crippen molar-refractivity contribution in [2.24, 2.45) is 0 Å². The Bertz CT molecular complexity index is 1010. The number of rotatable bonds is 9. The van der Waals surface area contributed by atoms with E-state index in [0.29, 0.717) is 10.7 Å². The first kappa shape index (κ1) is 19.8. The molecule has 0 unspecified atom stereocenters. The largest absolute Gasteiger partial charge is 0.481 e. The molecule has 0 saturated heterocycles. The van der Waals surface area contributed by atoms with E-state index >= 15 is 0 Å². The molecule has 3 rings (SSSR count). The Morgan fingerprint density at radius 2 is 1.96 bits per heavy atom. The number of thiazole rings is 1. The SMILES string of the molecule is COc1nc(NS(=O)(=O)c2c[nH]c(-c3nccs3)c2)nc(OC)c1OCCF. The number of anilines is 1. The number of sulfonamides is 1. The van der Waals surface area contributed by atoms with Crippen LogP contribution in [0.25, 0.3) is 10.7 Å². The molecule has 3 aromatic rings. The van der Waals surface area contributed by atoms with Gasteiger partial charge in [0.05, 0.1) is 19.9 Å². The molecule has 0 fully saturated rings. The third kappa shape index (κ3) is 4.14. The number of hydrogen-bond acceptors (Lipinski definition) is 9. The van der Waals surface area contributed by atoms with Crippen molar-refractivity contribution in [1.82, 2.24) is 19.9 Å². The molecular weight excluding hydrogens is 413 g/mol. The van der Waals surface area contributed by atoms with Crippen molar-refractivity contribution in [3.63, 3.8) is 0 Å². The van der Waals surface area contributed by atoms with Gasteiger partial charge in [0.15, 0.2) is 0 Å². The summed E-state index contributed by atoms with van der Waals surface area (Å²) in [5, 5.41) is 2.43. The summed E-state index contributed by atoms with van der Waals surface area (Å²) in [4.78, 5) is 14.8. The van der Waals surface area contributed by atoms with Gasteiger partial charge >= 0.3 is 0 Å². The van der Waals surface area contributed by atoms with E-state index in [9.17, 15) is 12.8 Å². The van der Waals surface area contributed by atoms with Crippen LogP contribution in [0, 0.1) is 0 Å². The van der Waals surface area contributed by atoms with Gasteiger partial charge in [0, 0.05) is 17.8 Å². The highest BCUT2D eigenvalue weighted by atomic mass is 32.2. The number of aromatic amines is 1. The molecule has 0 aliphatic heterocycles. The minimum Gasteiger partial charge on any atom is -0.481 e. The molecule has 0 aromatic carbocycles. The quantitative estimate of drug-likeness (QED) is 0.529. The average Bonchev–Trinajstić information content (AvgIpc) is 3.37. The molecule has 3 aromatic heterocycles. The van der Waals surface area contributed by atoms with E-state index in [4.69, 9.17) is 14.2 Å². The van der Waals surface area contributed by atoms with Crippen LogP contribution in [0.1, 0.15) is 0 Å². The van der Waals surface area contributed by atoms with Crippen LogP contribution in [0.3, 0.4) is 0 Å².